The van der Waals surface area contributed by atoms with Crippen molar-refractivity contribution in [2.75, 3.05) is 18.4 Å². The minimum absolute atomic E-state index is 0.243. The molecule has 0 spiro atoms. The van der Waals surface area contributed by atoms with Crippen LogP contribution in [0.25, 0.3) is 10.2 Å². The van der Waals surface area contributed by atoms with Gasteiger partial charge in [-0.2, -0.15) is 13.2 Å². The van der Waals surface area contributed by atoms with Gasteiger partial charge < -0.3 is 5.32 Å². The molecule has 0 unspecified atom stereocenters. The van der Waals surface area contributed by atoms with E-state index in [0.29, 0.717) is 16.0 Å². The number of benzene rings is 1. The van der Waals surface area contributed by atoms with E-state index in [2.05, 4.69) is 43.4 Å². The number of piperidine rings is 1. The third-order valence-corrected chi connectivity index (χ3v) is 6.84. The van der Waals surface area contributed by atoms with E-state index in [9.17, 15) is 13.2 Å². The number of likely N-dealkylation sites (tertiary alicyclic amines) is 1. The van der Waals surface area contributed by atoms with Gasteiger partial charge in [0.2, 0.25) is 0 Å². The van der Waals surface area contributed by atoms with Crippen molar-refractivity contribution in [3.8, 4) is 0 Å². The zero-order valence-electron chi connectivity index (χ0n) is 16.8. The predicted molar refractivity (Wildman–Crippen MR) is 117 cm³/mol. The van der Waals surface area contributed by atoms with Gasteiger partial charge in [0.1, 0.15) is 17.0 Å². The van der Waals surface area contributed by atoms with Gasteiger partial charge in [0.15, 0.2) is 0 Å². The average molecular weight is 446 g/mol. The monoisotopic (exact) mass is 445 g/mol. The molecule has 0 saturated carbocycles. The van der Waals surface area contributed by atoms with Crippen LogP contribution in [0.2, 0.25) is 0 Å². The molecule has 0 aliphatic carbocycles. The van der Waals surface area contributed by atoms with Crippen molar-refractivity contribution in [3.63, 3.8) is 0 Å². The summed E-state index contributed by atoms with van der Waals surface area (Å²) in [6, 6.07) is 8.39. The van der Waals surface area contributed by atoms with Crippen LogP contribution in [0, 0.1) is 0 Å². The molecular weight excluding hydrogens is 423 g/mol. The highest BCUT2D eigenvalue weighted by Crippen LogP contribution is 2.33. The van der Waals surface area contributed by atoms with Gasteiger partial charge in [-0.1, -0.05) is 12.1 Å². The van der Waals surface area contributed by atoms with Crippen molar-refractivity contribution in [1.82, 2.24) is 14.9 Å². The maximum Gasteiger partial charge on any atom is 0.393 e. The van der Waals surface area contributed by atoms with Crippen molar-refractivity contribution in [2.45, 2.75) is 44.6 Å². The quantitative estimate of drug-likeness (QED) is 0.613. The van der Waals surface area contributed by atoms with E-state index in [4.69, 9.17) is 0 Å². The first-order valence-electron chi connectivity index (χ1n) is 10.3. The van der Waals surface area contributed by atoms with Crippen LogP contribution >= 0.6 is 11.3 Å². The number of nitrogens with zero attached hydrogens (tertiary/aromatic N) is 4. The van der Waals surface area contributed by atoms with Crippen molar-refractivity contribution in [2.24, 2.45) is 4.99 Å². The Morgan fingerprint density at radius 2 is 1.97 bits per heavy atom. The molecule has 3 aromatic rings. The molecule has 5 rings (SSSR count). The zero-order chi connectivity index (χ0) is 21.4. The lowest BCUT2D eigenvalue weighted by molar-refractivity contribution is -0.126. The van der Waals surface area contributed by atoms with Crippen molar-refractivity contribution in [3.05, 3.63) is 52.2 Å². The fourth-order valence-electron chi connectivity index (χ4n) is 4.24. The molecular formula is C22H22F3N5S. The van der Waals surface area contributed by atoms with Crippen molar-refractivity contribution >= 4 is 33.6 Å². The normalized spacial score (nSPS) is 17.4. The molecule has 0 atom stereocenters. The van der Waals surface area contributed by atoms with E-state index in [1.54, 1.807) is 6.07 Å². The van der Waals surface area contributed by atoms with E-state index >= 15 is 0 Å². The van der Waals surface area contributed by atoms with Crippen molar-refractivity contribution < 1.29 is 13.2 Å². The second-order valence-corrected chi connectivity index (χ2v) is 9.26. The molecule has 162 valence electrons. The fraction of sp³-hybridized carbons (Fsp3) is 0.409. The largest absolute Gasteiger partial charge is 0.393 e. The highest BCUT2D eigenvalue weighted by Gasteiger charge is 2.29. The Hall–Kier alpha value is -2.52. The molecule has 0 amide bonds. The SMILES string of the molecule is FC(F)(F)Cc1cc2c(NC3CCN(Cc4ccc5c(c4)C=NC5)CC3)ncnc2s1. The van der Waals surface area contributed by atoms with E-state index in [0.717, 1.165) is 50.4 Å². The van der Waals surface area contributed by atoms with Crippen LogP contribution < -0.4 is 5.32 Å². The molecule has 0 radical (unpaired) electrons. The van der Waals surface area contributed by atoms with Crippen LogP contribution in [0.15, 0.2) is 35.6 Å². The summed E-state index contributed by atoms with van der Waals surface area (Å²) in [5, 5.41) is 4.12. The number of thiophene rings is 1. The summed E-state index contributed by atoms with van der Waals surface area (Å²) in [4.78, 5) is 16.1. The fourth-order valence-corrected chi connectivity index (χ4v) is 5.27. The van der Waals surface area contributed by atoms with E-state index < -0.39 is 12.6 Å². The Balaban J connectivity index is 1.20. The van der Waals surface area contributed by atoms with Crippen molar-refractivity contribution in [1.29, 1.82) is 0 Å². The zero-order valence-corrected chi connectivity index (χ0v) is 17.6. The summed E-state index contributed by atoms with van der Waals surface area (Å²) in [5.74, 6) is 0.631. The molecule has 2 aromatic heterocycles. The highest BCUT2D eigenvalue weighted by atomic mass is 32.1. The van der Waals surface area contributed by atoms with Gasteiger partial charge >= 0.3 is 6.18 Å². The molecule has 1 saturated heterocycles. The predicted octanol–water partition coefficient (Wildman–Crippen LogP) is 4.81. The van der Waals surface area contributed by atoms with Crippen LogP contribution in [0.1, 0.15) is 34.4 Å². The summed E-state index contributed by atoms with van der Waals surface area (Å²) in [7, 11) is 0. The number of fused-ring (bicyclic) bond motifs is 2. The molecule has 5 nitrogen and oxygen atoms in total. The summed E-state index contributed by atoms with van der Waals surface area (Å²) in [5.41, 5.74) is 3.81. The number of nitrogens with one attached hydrogen (secondary N) is 1. The first-order valence-corrected chi connectivity index (χ1v) is 11.2. The summed E-state index contributed by atoms with van der Waals surface area (Å²) in [6.45, 7) is 3.61. The number of halogens is 3. The summed E-state index contributed by atoms with van der Waals surface area (Å²) in [6.07, 6.45) is 0.127. The molecule has 2 aliphatic heterocycles. The Bertz CT molecular complexity index is 1120. The number of anilines is 1. The number of aliphatic imine (C=N–C) groups is 1. The second kappa shape index (κ2) is 8.20. The van der Waals surface area contributed by atoms with Gasteiger partial charge in [-0.25, -0.2) is 9.97 Å². The van der Waals surface area contributed by atoms with Gasteiger partial charge in [-0.3, -0.25) is 9.89 Å². The number of aromatic nitrogens is 2. The minimum atomic E-state index is -4.22. The summed E-state index contributed by atoms with van der Waals surface area (Å²) < 4.78 is 38.2. The average Bonchev–Trinajstić information content (AvgIpc) is 3.34. The Morgan fingerprint density at radius 1 is 1.13 bits per heavy atom. The second-order valence-electron chi connectivity index (χ2n) is 8.14. The van der Waals surface area contributed by atoms with Gasteiger partial charge in [0.05, 0.1) is 18.4 Å². The van der Waals surface area contributed by atoms with Gasteiger partial charge in [-0.15, -0.1) is 11.3 Å². The Labute approximate surface area is 182 Å². The Morgan fingerprint density at radius 3 is 2.77 bits per heavy atom. The Kier molecular flexibility index (Phi) is 5.39. The molecule has 31 heavy (non-hydrogen) atoms. The van der Waals surface area contributed by atoms with Crippen LogP contribution in [0.4, 0.5) is 19.0 Å². The first-order chi connectivity index (χ1) is 14.9. The number of rotatable bonds is 5. The molecule has 2 aliphatic rings. The molecule has 1 aromatic carbocycles. The highest BCUT2D eigenvalue weighted by molar-refractivity contribution is 7.18. The maximum atomic E-state index is 12.7. The molecule has 1 fully saturated rings. The van der Waals surface area contributed by atoms with Crippen LogP contribution in [0.3, 0.4) is 0 Å². The van der Waals surface area contributed by atoms with Gasteiger partial charge in [0, 0.05) is 36.8 Å². The lowest BCUT2D eigenvalue weighted by atomic mass is 10.0. The lowest BCUT2D eigenvalue weighted by Gasteiger charge is -2.32. The molecule has 0 bridgehead atoms. The smallest absolute Gasteiger partial charge is 0.367 e. The topological polar surface area (TPSA) is 53.4 Å². The number of hydrogen-bond donors (Lipinski definition) is 1. The van der Waals surface area contributed by atoms with E-state index in [1.807, 2.05) is 6.21 Å². The first kappa shape index (κ1) is 20.4. The van der Waals surface area contributed by atoms with Crippen LogP contribution in [-0.4, -0.2) is 46.4 Å². The van der Waals surface area contributed by atoms with E-state index in [1.165, 1.54) is 23.0 Å². The van der Waals surface area contributed by atoms with Crippen LogP contribution in [-0.2, 0) is 19.5 Å². The van der Waals surface area contributed by atoms with Gasteiger partial charge in [0.25, 0.3) is 0 Å². The standard InChI is InChI=1S/C22H22F3N5S/c23-22(24,25)9-18-8-19-20(27-13-28-21(19)31-18)29-17-3-5-30(6-4-17)12-14-1-2-15-10-26-11-16(15)7-14/h1-2,7-8,11,13,17H,3-6,9-10,12H2,(H,27,28,29). The maximum absolute atomic E-state index is 12.7. The summed E-state index contributed by atoms with van der Waals surface area (Å²) >= 11 is 1.08. The van der Waals surface area contributed by atoms with E-state index in [-0.39, 0.29) is 10.9 Å². The number of hydrogen-bond acceptors (Lipinski definition) is 6. The molecule has 9 heteroatoms. The number of alkyl halides is 3. The molecule has 1 N–H and O–H groups in total. The lowest BCUT2D eigenvalue weighted by Crippen LogP contribution is -2.38. The van der Waals surface area contributed by atoms with Gasteiger partial charge in [-0.05, 0) is 41.7 Å². The molecule has 4 heterocycles. The minimum Gasteiger partial charge on any atom is -0.367 e. The third kappa shape index (κ3) is 4.72. The third-order valence-electron chi connectivity index (χ3n) is 5.79. The van der Waals surface area contributed by atoms with Crippen LogP contribution in [0.5, 0.6) is 0 Å².